The fraction of sp³-hybridized carbons (Fsp3) is 0.600. The molecule has 0 bridgehead atoms. The Morgan fingerprint density at radius 3 is 2.81 bits per heavy atom. The minimum atomic E-state index is -1.01. The van der Waals surface area contributed by atoms with E-state index in [4.69, 9.17) is 9.63 Å². The van der Waals surface area contributed by atoms with Gasteiger partial charge in [0.05, 0.1) is 0 Å². The molecule has 2 heterocycles. The van der Waals surface area contributed by atoms with Gasteiger partial charge < -0.3 is 9.63 Å². The summed E-state index contributed by atoms with van der Waals surface area (Å²) in [5.74, 6) is -0.282. The third-order valence-electron chi connectivity index (χ3n) is 2.79. The zero-order chi connectivity index (χ0) is 11.0. The predicted molar refractivity (Wildman–Crippen MR) is 60.0 cm³/mol. The van der Waals surface area contributed by atoms with Gasteiger partial charge in [0.1, 0.15) is 5.76 Å². The van der Waals surface area contributed by atoms with Crippen molar-refractivity contribution in [2.24, 2.45) is 0 Å². The number of aromatic carboxylic acids is 1. The lowest BCUT2D eigenvalue weighted by molar-refractivity contribution is 0.0683. The molecule has 5 nitrogen and oxygen atoms in total. The van der Waals surface area contributed by atoms with E-state index >= 15 is 0 Å². The van der Waals surface area contributed by atoms with Gasteiger partial charge in [-0.05, 0) is 13.8 Å². The summed E-state index contributed by atoms with van der Waals surface area (Å²) in [6.45, 7) is 5.72. The van der Waals surface area contributed by atoms with Crippen molar-refractivity contribution in [3.05, 3.63) is 17.0 Å². The molecule has 1 aliphatic heterocycles. The molecule has 1 aromatic rings. The Morgan fingerprint density at radius 2 is 2.25 bits per heavy atom. The van der Waals surface area contributed by atoms with Crippen LogP contribution in [0.25, 0.3) is 0 Å². The molecule has 0 aromatic carbocycles. The fourth-order valence-corrected chi connectivity index (χ4v) is 1.84. The van der Waals surface area contributed by atoms with Crippen molar-refractivity contribution in [2.75, 3.05) is 6.54 Å². The molecule has 16 heavy (non-hydrogen) atoms. The summed E-state index contributed by atoms with van der Waals surface area (Å²) in [5, 5.41) is 12.5. The summed E-state index contributed by atoms with van der Waals surface area (Å²) in [4.78, 5) is 13.1. The number of aromatic nitrogens is 1. The van der Waals surface area contributed by atoms with Crippen LogP contribution in [0.5, 0.6) is 0 Å². The molecular formula is C10H15ClN2O3. The second kappa shape index (κ2) is 4.84. The minimum Gasteiger partial charge on any atom is -0.476 e. The van der Waals surface area contributed by atoms with Gasteiger partial charge in [-0.1, -0.05) is 5.16 Å². The topological polar surface area (TPSA) is 66.6 Å². The van der Waals surface area contributed by atoms with E-state index < -0.39 is 5.97 Å². The van der Waals surface area contributed by atoms with Crippen molar-refractivity contribution in [3.63, 3.8) is 0 Å². The first-order valence-electron chi connectivity index (χ1n) is 5.04. The van der Waals surface area contributed by atoms with Crippen molar-refractivity contribution in [1.82, 2.24) is 10.1 Å². The predicted octanol–water partition coefficient (Wildman–Crippen LogP) is 1.56. The van der Waals surface area contributed by atoms with Gasteiger partial charge in [-0.15, -0.1) is 12.4 Å². The van der Waals surface area contributed by atoms with Gasteiger partial charge in [0.25, 0.3) is 0 Å². The monoisotopic (exact) mass is 246 g/mol. The van der Waals surface area contributed by atoms with Crippen molar-refractivity contribution >= 4 is 18.4 Å². The van der Waals surface area contributed by atoms with E-state index in [9.17, 15) is 4.79 Å². The molecule has 90 valence electrons. The lowest BCUT2D eigenvalue weighted by Crippen LogP contribution is -2.36. The first kappa shape index (κ1) is 13.0. The van der Waals surface area contributed by atoms with E-state index in [2.05, 4.69) is 23.9 Å². The average molecular weight is 247 g/mol. The quantitative estimate of drug-likeness (QED) is 0.858. The largest absolute Gasteiger partial charge is 0.476 e. The number of rotatable bonds is 2. The van der Waals surface area contributed by atoms with Crippen molar-refractivity contribution in [2.45, 2.75) is 32.9 Å². The van der Waals surface area contributed by atoms with Crippen LogP contribution < -0.4 is 0 Å². The third-order valence-corrected chi connectivity index (χ3v) is 2.79. The van der Waals surface area contributed by atoms with Crippen LogP contribution in [0, 0.1) is 0 Å². The van der Waals surface area contributed by atoms with Crippen LogP contribution in [-0.2, 0) is 13.0 Å². The van der Waals surface area contributed by atoms with Crippen molar-refractivity contribution < 1.29 is 14.4 Å². The molecule has 0 aliphatic carbocycles. The highest BCUT2D eigenvalue weighted by atomic mass is 35.5. The minimum absolute atomic E-state index is 0. The molecule has 1 N–H and O–H groups in total. The van der Waals surface area contributed by atoms with Gasteiger partial charge in [0, 0.05) is 31.1 Å². The Kier molecular flexibility index (Phi) is 3.93. The van der Waals surface area contributed by atoms with Crippen LogP contribution in [0.3, 0.4) is 0 Å². The van der Waals surface area contributed by atoms with Gasteiger partial charge in [-0.3, -0.25) is 4.90 Å². The summed E-state index contributed by atoms with van der Waals surface area (Å²) in [7, 11) is 0. The number of carboxylic acid groups (broad SMARTS) is 1. The molecule has 0 spiro atoms. The van der Waals surface area contributed by atoms with Crippen LogP contribution in [0.1, 0.15) is 35.7 Å². The number of halogens is 1. The maximum absolute atomic E-state index is 10.9. The Balaban J connectivity index is 0.00000128. The van der Waals surface area contributed by atoms with Crippen molar-refractivity contribution in [1.29, 1.82) is 0 Å². The van der Waals surface area contributed by atoms with E-state index in [1.165, 1.54) is 0 Å². The van der Waals surface area contributed by atoms with Gasteiger partial charge in [0.15, 0.2) is 5.69 Å². The number of fused-ring (bicyclic) bond motifs is 1. The standard InChI is InChI=1S/C10H14N2O3.ClH/c1-6(2)12-4-3-8-7(5-12)9(10(13)14)11-15-8;/h6H,3-5H2,1-2H3,(H,13,14);1H. The molecule has 0 atom stereocenters. The van der Waals surface area contributed by atoms with Crippen LogP contribution in [-0.4, -0.2) is 33.7 Å². The molecule has 2 rings (SSSR count). The molecule has 0 saturated heterocycles. The Hall–Kier alpha value is -1.07. The molecule has 0 radical (unpaired) electrons. The van der Waals surface area contributed by atoms with Crippen LogP contribution >= 0.6 is 12.4 Å². The number of hydrogen-bond donors (Lipinski definition) is 1. The second-order valence-corrected chi connectivity index (χ2v) is 4.05. The molecule has 0 amide bonds. The number of carboxylic acids is 1. The highest BCUT2D eigenvalue weighted by Crippen LogP contribution is 2.23. The first-order valence-corrected chi connectivity index (χ1v) is 5.04. The highest BCUT2D eigenvalue weighted by molar-refractivity contribution is 5.87. The van der Waals surface area contributed by atoms with E-state index in [0.717, 1.165) is 24.3 Å². The smallest absolute Gasteiger partial charge is 0.358 e. The second-order valence-electron chi connectivity index (χ2n) is 4.05. The van der Waals surface area contributed by atoms with Gasteiger partial charge in [-0.25, -0.2) is 4.79 Å². The maximum Gasteiger partial charge on any atom is 0.358 e. The van der Waals surface area contributed by atoms with E-state index in [1.807, 2.05) is 0 Å². The van der Waals surface area contributed by atoms with Gasteiger partial charge >= 0.3 is 5.97 Å². The summed E-state index contributed by atoms with van der Waals surface area (Å²) >= 11 is 0. The highest BCUT2D eigenvalue weighted by Gasteiger charge is 2.27. The number of carbonyl (C=O) groups is 1. The average Bonchev–Trinajstić information content (AvgIpc) is 2.59. The molecule has 0 saturated carbocycles. The molecule has 0 fully saturated rings. The third kappa shape index (κ3) is 2.20. The van der Waals surface area contributed by atoms with Crippen LogP contribution in [0.4, 0.5) is 0 Å². The normalized spacial score (nSPS) is 15.7. The summed E-state index contributed by atoms with van der Waals surface area (Å²) in [6.07, 6.45) is 0.744. The fourth-order valence-electron chi connectivity index (χ4n) is 1.84. The summed E-state index contributed by atoms with van der Waals surface area (Å²) < 4.78 is 5.02. The van der Waals surface area contributed by atoms with Gasteiger partial charge in [0.2, 0.25) is 0 Å². The van der Waals surface area contributed by atoms with Gasteiger partial charge in [-0.2, -0.15) is 0 Å². The summed E-state index contributed by atoms with van der Waals surface area (Å²) in [6, 6.07) is 0.412. The summed E-state index contributed by atoms with van der Waals surface area (Å²) in [5.41, 5.74) is 0.804. The van der Waals surface area contributed by atoms with Crippen LogP contribution in [0.15, 0.2) is 4.52 Å². The molecular weight excluding hydrogens is 232 g/mol. The zero-order valence-corrected chi connectivity index (χ0v) is 10.1. The SMILES string of the molecule is CC(C)N1CCc2onc(C(=O)O)c2C1.Cl. The molecule has 0 unspecified atom stereocenters. The molecule has 6 heteroatoms. The van der Waals surface area contributed by atoms with Crippen molar-refractivity contribution in [3.8, 4) is 0 Å². The van der Waals surface area contributed by atoms with E-state index in [0.29, 0.717) is 12.6 Å². The Morgan fingerprint density at radius 1 is 1.56 bits per heavy atom. The molecule has 1 aromatic heterocycles. The lowest BCUT2D eigenvalue weighted by atomic mass is 10.0. The van der Waals surface area contributed by atoms with E-state index in [1.54, 1.807) is 0 Å². The van der Waals surface area contributed by atoms with E-state index in [-0.39, 0.29) is 18.1 Å². The molecule has 1 aliphatic rings. The lowest BCUT2D eigenvalue weighted by Gasteiger charge is -2.29. The Labute approximate surface area is 99.8 Å². The first-order chi connectivity index (χ1) is 7.09. The maximum atomic E-state index is 10.9. The number of hydrogen-bond acceptors (Lipinski definition) is 4. The van der Waals surface area contributed by atoms with Crippen LogP contribution in [0.2, 0.25) is 0 Å². The number of nitrogens with zero attached hydrogens (tertiary/aromatic N) is 2. The zero-order valence-electron chi connectivity index (χ0n) is 9.27. The Bertz CT molecular complexity index is 389.